The molecule has 1 saturated heterocycles. The molecular formula is C28H35N5O. The van der Waals surface area contributed by atoms with Crippen LogP contribution in [0.1, 0.15) is 54.7 Å². The van der Waals surface area contributed by atoms with Crippen molar-refractivity contribution in [2.45, 2.75) is 39.0 Å². The molecule has 0 bridgehead atoms. The quantitative estimate of drug-likeness (QED) is 0.545. The van der Waals surface area contributed by atoms with Gasteiger partial charge in [-0.1, -0.05) is 74.5 Å². The van der Waals surface area contributed by atoms with E-state index in [2.05, 4.69) is 77.6 Å². The maximum atomic E-state index is 12.9. The lowest BCUT2D eigenvalue weighted by Crippen LogP contribution is -2.52. The van der Waals surface area contributed by atoms with E-state index in [-0.39, 0.29) is 11.9 Å². The molecule has 1 aliphatic heterocycles. The number of anilines is 1. The number of carbonyl (C=O) groups excluding carboxylic acids is 1. The maximum absolute atomic E-state index is 12.9. The van der Waals surface area contributed by atoms with Gasteiger partial charge in [-0.15, -0.1) is 0 Å². The van der Waals surface area contributed by atoms with Crippen LogP contribution in [0.15, 0.2) is 66.7 Å². The first-order chi connectivity index (χ1) is 16.5. The molecule has 1 aromatic heterocycles. The highest BCUT2D eigenvalue weighted by Gasteiger charge is 2.23. The topological polar surface area (TPSA) is 61.4 Å². The van der Waals surface area contributed by atoms with Gasteiger partial charge in [-0.25, -0.2) is 14.8 Å². The molecule has 0 radical (unpaired) electrons. The first kappa shape index (κ1) is 23.7. The second-order valence-electron chi connectivity index (χ2n) is 9.25. The van der Waals surface area contributed by atoms with Gasteiger partial charge in [0.2, 0.25) is 0 Å². The molecule has 0 aliphatic carbocycles. The van der Waals surface area contributed by atoms with Crippen LogP contribution in [0.4, 0.5) is 10.6 Å². The Morgan fingerprint density at radius 3 is 2.06 bits per heavy atom. The third-order valence-corrected chi connectivity index (χ3v) is 6.38. The average molecular weight is 458 g/mol. The van der Waals surface area contributed by atoms with Gasteiger partial charge in [0.25, 0.3) is 0 Å². The Bertz CT molecular complexity index is 1020. The number of rotatable bonds is 7. The molecule has 0 saturated carbocycles. The van der Waals surface area contributed by atoms with E-state index in [1.165, 1.54) is 11.1 Å². The minimum Gasteiger partial charge on any atom is -0.353 e. The smallest absolute Gasteiger partial charge is 0.317 e. The van der Waals surface area contributed by atoms with Gasteiger partial charge in [0.1, 0.15) is 11.6 Å². The number of carbonyl (C=O) groups is 1. The molecule has 1 fully saturated rings. The Hall–Kier alpha value is -3.41. The molecule has 3 aromatic rings. The Labute approximate surface area is 203 Å². The van der Waals surface area contributed by atoms with Crippen molar-refractivity contribution in [1.29, 1.82) is 0 Å². The second-order valence-corrected chi connectivity index (χ2v) is 9.25. The molecule has 0 unspecified atom stereocenters. The lowest BCUT2D eigenvalue weighted by atomic mass is 9.88. The summed E-state index contributed by atoms with van der Waals surface area (Å²) in [6, 6.07) is 23.1. The number of aromatic nitrogens is 2. The summed E-state index contributed by atoms with van der Waals surface area (Å²) < 4.78 is 0. The molecule has 1 N–H and O–H groups in total. The van der Waals surface area contributed by atoms with E-state index in [1.54, 1.807) is 0 Å². The molecule has 0 atom stereocenters. The van der Waals surface area contributed by atoms with Crippen LogP contribution in [0.25, 0.3) is 0 Å². The van der Waals surface area contributed by atoms with Crippen molar-refractivity contribution in [3.05, 3.63) is 89.4 Å². The molecular weight excluding hydrogens is 422 g/mol. The first-order valence-corrected chi connectivity index (χ1v) is 12.2. The molecule has 0 spiro atoms. The Morgan fingerprint density at radius 1 is 0.912 bits per heavy atom. The van der Waals surface area contributed by atoms with Gasteiger partial charge in [0.05, 0.1) is 0 Å². The normalized spacial score (nSPS) is 14.0. The van der Waals surface area contributed by atoms with Crippen molar-refractivity contribution in [3.8, 4) is 0 Å². The number of amides is 2. The van der Waals surface area contributed by atoms with Crippen LogP contribution in [-0.2, 0) is 0 Å². The van der Waals surface area contributed by atoms with Crippen molar-refractivity contribution in [1.82, 2.24) is 20.2 Å². The van der Waals surface area contributed by atoms with E-state index in [9.17, 15) is 4.79 Å². The van der Waals surface area contributed by atoms with Crippen LogP contribution < -0.4 is 10.2 Å². The summed E-state index contributed by atoms with van der Waals surface area (Å²) in [7, 11) is 0. The fraction of sp³-hybridized carbons (Fsp3) is 0.393. The summed E-state index contributed by atoms with van der Waals surface area (Å²) >= 11 is 0. The number of nitrogens with one attached hydrogen (secondary N) is 1. The van der Waals surface area contributed by atoms with Crippen LogP contribution in [0.3, 0.4) is 0 Å². The fourth-order valence-electron chi connectivity index (χ4n) is 4.46. The number of hydrogen-bond acceptors (Lipinski definition) is 4. The van der Waals surface area contributed by atoms with Crippen molar-refractivity contribution in [3.63, 3.8) is 0 Å². The molecule has 6 nitrogen and oxygen atoms in total. The standard InChI is InChI=1S/C28H35N5O/c1-21(2)27-30-22(3)20-26(31-27)32-16-18-33(19-17-32)28(34)29-15-14-25(23-10-6-4-7-11-23)24-12-8-5-9-13-24/h4-13,20-21,25H,14-19H2,1-3H3,(H,29,34). The third kappa shape index (κ3) is 5.93. The Balaban J connectivity index is 1.31. The zero-order valence-corrected chi connectivity index (χ0v) is 20.4. The van der Waals surface area contributed by atoms with Gasteiger partial charge >= 0.3 is 6.03 Å². The molecule has 2 aromatic carbocycles. The van der Waals surface area contributed by atoms with E-state index in [4.69, 9.17) is 4.98 Å². The minimum absolute atomic E-state index is 0.0151. The number of aryl methyl sites for hydroxylation is 1. The summed E-state index contributed by atoms with van der Waals surface area (Å²) in [6.07, 6.45) is 0.859. The zero-order chi connectivity index (χ0) is 23.9. The number of hydrogen-bond donors (Lipinski definition) is 1. The number of nitrogens with zero attached hydrogens (tertiary/aromatic N) is 4. The first-order valence-electron chi connectivity index (χ1n) is 12.2. The van der Waals surface area contributed by atoms with Crippen LogP contribution in [0, 0.1) is 6.92 Å². The van der Waals surface area contributed by atoms with Gasteiger partial charge in [-0.05, 0) is 24.5 Å². The molecule has 34 heavy (non-hydrogen) atoms. The van der Waals surface area contributed by atoms with Crippen LogP contribution in [-0.4, -0.2) is 53.6 Å². The Morgan fingerprint density at radius 2 is 1.50 bits per heavy atom. The van der Waals surface area contributed by atoms with Crippen LogP contribution in [0.2, 0.25) is 0 Å². The second kappa shape index (κ2) is 11.1. The van der Waals surface area contributed by atoms with Crippen molar-refractivity contribution in [2.75, 3.05) is 37.6 Å². The number of benzene rings is 2. The molecule has 178 valence electrons. The van der Waals surface area contributed by atoms with Gasteiger partial charge in [-0.2, -0.15) is 0 Å². The van der Waals surface area contributed by atoms with E-state index < -0.39 is 0 Å². The molecule has 2 heterocycles. The predicted molar refractivity (Wildman–Crippen MR) is 137 cm³/mol. The molecule has 2 amide bonds. The number of piperazine rings is 1. The third-order valence-electron chi connectivity index (χ3n) is 6.38. The van der Waals surface area contributed by atoms with Crippen molar-refractivity contribution >= 4 is 11.8 Å². The predicted octanol–water partition coefficient (Wildman–Crippen LogP) is 4.96. The van der Waals surface area contributed by atoms with Gasteiger partial charge in [0, 0.05) is 56.3 Å². The van der Waals surface area contributed by atoms with E-state index in [1.807, 2.05) is 30.0 Å². The van der Waals surface area contributed by atoms with E-state index in [0.717, 1.165) is 36.8 Å². The van der Waals surface area contributed by atoms with E-state index >= 15 is 0 Å². The number of urea groups is 1. The minimum atomic E-state index is 0.0151. The lowest BCUT2D eigenvalue weighted by molar-refractivity contribution is 0.194. The zero-order valence-electron chi connectivity index (χ0n) is 20.4. The van der Waals surface area contributed by atoms with Crippen LogP contribution >= 0.6 is 0 Å². The van der Waals surface area contributed by atoms with E-state index in [0.29, 0.717) is 25.6 Å². The fourth-order valence-corrected chi connectivity index (χ4v) is 4.46. The van der Waals surface area contributed by atoms with Crippen LogP contribution in [0.5, 0.6) is 0 Å². The summed E-state index contributed by atoms with van der Waals surface area (Å²) in [5.74, 6) is 2.39. The summed E-state index contributed by atoms with van der Waals surface area (Å²) in [4.78, 5) is 26.3. The van der Waals surface area contributed by atoms with Crippen molar-refractivity contribution in [2.24, 2.45) is 0 Å². The maximum Gasteiger partial charge on any atom is 0.317 e. The molecule has 1 aliphatic rings. The highest BCUT2D eigenvalue weighted by Crippen LogP contribution is 2.27. The van der Waals surface area contributed by atoms with Gasteiger partial charge in [0.15, 0.2) is 0 Å². The Kier molecular flexibility index (Phi) is 7.78. The van der Waals surface area contributed by atoms with Gasteiger partial charge in [-0.3, -0.25) is 0 Å². The van der Waals surface area contributed by atoms with Crippen molar-refractivity contribution < 1.29 is 4.79 Å². The molecule has 6 heteroatoms. The lowest BCUT2D eigenvalue weighted by Gasteiger charge is -2.35. The summed E-state index contributed by atoms with van der Waals surface area (Å²) in [5.41, 5.74) is 3.54. The highest BCUT2D eigenvalue weighted by atomic mass is 16.2. The highest BCUT2D eigenvalue weighted by molar-refractivity contribution is 5.74. The molecule has 4 rings (SSSR count). The SMILES string of the molecule is Cc1cc(N2CCN(C(=O)NCCC(c3ccccc3)c3ccccc3)CC2)nc(C(C)C)n1. The summed E-state index contributed by atoms with van der Waals surface area (Å²) in [6.45, 7) is 9.80. The van der Waals surface area contributed by atoms with Gasteiger partial charge < -0.3 is 15.1 Å². The largest absolute Gasteiger partial charge is 0.353 e. The summed E-state index contributed by atoms with van der Waals surface area (Å²) in [5, 5.41) is 3.15. The average Bonchev–Trinajstić information content (AvgIpc) is 2.87. The monoisotopic (exact) mass is 457 g/mol.